The predicted octanol–water partition coefficient (Wildman–Crippen LogP) is 2.92. The molecule has 1 saturated heterocycles. The lowest BCUT2D eigenvalue weighted by atomic mass is 10.1. The average molecular weight is 328 g/mol. The van der Waals surface area contributed by atoms with E-state index in [0.717, 1.165) is 31.8 Å². The van der Waals surface area contributed by atoms with Crippen molar-refractivity contribution >= 4 is 5.91 Å². The summed E-state index contributed by atoms with van der Waals surface area (Å²) < 4.78 is 7.42. The highest BCUT2D eigenvalue weighted by atomic mass is 16.5. The summed E-state index contributed by atoms with van der Waals surface area (Å²) in [5.74, 6) is 1.98. The number of hydrogen-bond donors (Lipinski definition) is 0. The van der Waals surface area contributed by atoms with E-state index in [1.807, 2.05) is 29.2 Å². The van der Waals surface area contributed by atoms with Gasteiger partial charge in [0.2, 0.25) is 0 Å². The summed E-state index contributed by atoms with van der Waals surface area (Å²) in [5.41, 5.74) is 0.599. The van der Waals surface area contributed by atoms with E-state index in [2.05, 4.69) is 28.6 Å². The van der Waals surface area contributed by atoms with E-state index in [-0.39, 0.29) is 11.9 Å². The van der Waals surface area contributed by atoms with Crippen LogP contribution in [0.15, 0.2) is 30.6 Å². The van der Waals surface area contributed by atoms with Crippen molar-refractivity contribution in [1.82, 2.24) is 19.7 Å². The number of nitrogens with zero attached hydrogens (tertiary/aromatic N) is 4. The molecule has 128 valence electrons. The largest absolute Gasteiger partial charge is 0.496 e. The molecule has 0 spiro atoms. The smallest absolute Gasteiger partial charge is 0.258 e. The fourth-order valence-electron chi connectivity index (χ4n) is 3.31. The molecule has 2 aromatic rings. The Labute approximate surface area is 142 Å². The van der Waals surface area contributed by atoms with E-state index >= 15 is 0 Å². The Hall–Kier alpha value is -2.37. The standard InChI is InChI=1S/C18H24N4O2/c1-13(2)11-21-12-19-20-17(21)15-8-6-10-22(15)18(23)14-7-4-5-9-16(14)24-3/h4-5,7,9,12-13,15H,6,8,10-11H2,1-3H3/t15-/m1/s1. The van der Waals surface area contributed by atoms with Crippen LogP contribution in [-0.4, -0.2) is 39.2 Å². The molecule has 2 heterocycles. The Morgan fingerprint density at radius 1 is 1.38 bits per heavy atom. The van der Waals surface area contributed by atoms with Crippen LogP contribution < -0.4 is 4.74 Å². The van der Waals surface area contributed by atoms with Crippen molar-refractivity contribution in [2.75, 3.05) is 13.7 Å². The normalized spacial score (nSPS) is 17.5. The second-order valence-corrected chi connectivity index (χ2v) is 6.59. The highest BCUT2D eigenvalue weighted by Crippen LogP contribution is 2.33. The minimum absolute atomic E-state index is 0.00551. The van der Waals surface area contributed by atoms with Gasteiger partial charge in [-0.05, 0) is 30.9 Å². The van der Waals surface area contributed by atoms with Crippen molar-refractivity contribution in [3.8, 4) is 5.75 Å². The van der Waals surface area contributed by atoms with Crippen molar-refractivity contribution < 1.29 is 9.53 Å². The van der Waals surface area contributed by atoms with Gasteiger partial charge in [0.15, 0.2) is 5.82 Å². The first-order valence-electron chi connectivity index (χ1n) is 8.43. The minimum Gasteiger partial charge on any atom is -0.496 e. The van der Waals surface area contributed by atoms with E-state index in [0.29, 0.717) is 17.2 Å². The zero-order valence-corrected chi connectivity index (χ0v) is 14.5. The SMILES string of the molecule is COc1ccccc1C(=O)N1CCC[C@@H]1c1nncn1CC(C)C. The Bertz CT molecular complexity index is 711. The van der Waals surface area contributed by atoms with Crippen molar-refractivity contribution in [3.63, 3.8) is 0 Å². The van der Waals surface area contributed by atoms with Gasteiger partial charge < -0.3 is 14.2 Å². The van der Waals surface area contributed by atoms with Gasteiger partial charge in [0.05, 0.1) is 18.7 Å². The number of hydrogen-bond acceptors (Lipinski definition) is 4. The van der Waals surface area contributed by atoms with Crippen molar-refractivity contribution in [1.29, 1.82) is 0 Å². The number of benzene rings is 1. The zero-order chi connectivity index (χ0) is 17.1. The van der Waals surface area contributed by atoms with Crippen LogP contribution in [0.1, 0.15) is 48.9 Å². The van der Waals surface area contributed by atoms with E-state index in [9.17, 15) is 4.79 Å². The van der Waals surface area contributed by atoms with Crippen LogP contribution in [0.3, 0.4) is 0 Å². The number of carbonyl (C=O) groups excluding carboxylic acids is 1. The highest BCUT2D eigenvalue weighted by molar-refractivity contribution is 5.97. The lowest BCUT2D eigenvalue weighted by Gasteiger charge is -2.25. The summed E-state index contributed by atoms with van der Waals surface area (Å²) in [6.07, 6.45) is 3.65. The molecule has 6 nitrogen and oxygen atoms in total. The molecule has 1 aromatic carbocycles. The van der Waals surface area contributed by atoms with E-state index in [1.54, 1.807) is 13.4 Å². The van der Waals surface area contributed by atoms with Gasteiger partial charge in [-0.2, -0.15) is 0 Å². The molecule has 0 radical (unpaired) electrons. The van der Waals surface area contributed by atoms with Crippen LogP contribution in [-0.2, 0) is 6.54 Å². The van der Waals surface area contributed by atoms with Gasteiger partial charge in [0.1, 0.15) is 12.1 Å². The second kappa shape index (κ2) is 7.03. The molecule has 0 unspecified atom stereocenters. The van der Waals surface area contributed by atoms with E-state index in [4.69, 9.17) is 4.74 Å². The molecule has 6 heteroatoms. The fourth-order valence-corrected chi connectivity index (χ4v) is 3.31. The summed E-state index contributed by atoms with van der Waals surface area (Å²) >= 11 is 0. The monoisotopic (exact) mass is 328 g/mol. The predicted molar refractivity (Wildman–Crippen MR) is 90.9 cm³/mol. The van der Waals surface area contributed by atoms with Gasteiger partial charge in [-0.3, -0.25) is 4.79 Å². The topological polar surface area (TPSA) is 60.2 Å². The number of aromatic nitrogens is 3. The molecule has 0 saturated carbocycles. The van der Waals surface area contributed by atoms with Gasteiger partial charge in [0.25, 0.3) is 5.91 Å². The molecule has 0 bridgehead atoms. The lowest BCUT2D eigenvalue weighted by Crippen LogP contribution is -2.32. The third-order valence-corrected chi connectivity index (χ3v) is 4.36. The van der Waals surface area contributed by atoms with Crippen molar-refractivity contribution in [2.24, 2.45) is 5.92 Å². The molecule has 24 heavy (non-hydrogen) atoms. The zero-order valence-electron chi connectivity index (χ0n) is 14.5. The molecule has 0 aliphatic carbocycles. The van der Waals surface area contributed by atoms with Gasteiger partial charge in [-0.1, -0.05) is 26.0 Å². The molecule has 1 atom stereocenters. The van der Waals surface area contributed by atoms with Gasteiger partial charge in [0, 0.05) is 13.1 Å². The fraction of sp³-hybridized carbons (Fsp3) is 0.500. The molecule has 0 N–H and O–H groups in total. The number of para-hydroxylation sites is 1. The van der Waals surface area contributed by atoms with E-state index < -0.39 is 0 Å². The first-order valence-corrected chi connectivity index (χ1v) is 8.43. The average Bonchev–Trinajstić information content (AvgIpc) is 3.22. The van der Waals surface area contributed by atoms with Crippen LogP contribution in [0.5, 0.6) is 5.75 Å². The van der Waals surface area contributed by atoms with Crippen molar-refractivity contribution in [3.05, 3.63) is 42.0 Å². The maximum Gasteiger partial charge on any atom is 0.258 e. The highest BCUT2D eigenvalue weighted by Gasteiger charge is 2.34. The van der Waals surface area contributed by atoms with E-state index in [1.165, 1.54) is 0 Å². The van der Waals surface area contributed by atoms with Gasteiger partial charge in [-0.25, -0.2) is 0 Å². The number of rotatable bonds is 5. The summed E-state index contributed by atoms with van der Waals surface area (Å²) in [6, 6.07) is 7.34. The third-order valence-electron chi connectivity index (χ3n) is 4.36. The summed E-state index contributed by atoms with van der Waals surface area (Å²) in [5, 5.41) is 8.38. The molecule has 3 rings (SSSR count). The quantitative estimate of drug-likeness (QED) is 0.847. The molecular formula is C18H24N4O2. The maximum atomic E-state index is 13.1. The van der Waals surface area contributed by atoms with Crippen LogP contribution in [0.2, 0.25) is 0 Å². The Morgan fingerprint density at radius 2 is 2.17 bits per heavy atom. The van der Waals surface area contributed by atoms with Crippen LogP contribution >= 0.6 is 0 Å². The molecule has 1 aliphatic rings. The van der Waals surface area contributed by atoms with Gasteiger partial charge >= 0.3 is 0 Å². The number of likely N-dealkylation sites (tertiary alicyclic amines) is 1. The first kappa shape index (κ1) is 16.5. The first-order chi connectivity index (χ1) is 11.6. The molecule has 1 aromatic heterocycles. The summed E-state index contributed by atoms with van der Waals surface area (Å²) in [4.78, 5) is 15.0. The maximum absolute atomic E-state index is 13.1. The molecular weight excluding hydrogens is 304 g/mol. The Balaban J connectivity index is 1.88. The molecule has 1 aliphatic heterocycles. The Kier molecular flexibility index (Phi) is 4.83. The second-order valence-electron chi connectivity index (χ2n) is 6.59. The van der Waals surface area contributed by atoms with Crippen LogP contribution in [0.4, 0.5) is 0 Å². The van der Waals surface area contributed by atoms with Crippen LogP contribution in [0.25, 0.3) is 0 Å². The third kappa shape index (κ3) is 3.13. The summed E-state index contributed by atoms with van der Waals surface area (Å²) in [6.45, 7) is 5.91. The molecule has 1 fully saturated rings. The van der Waals surface area contributed by atoms with Gasteiger partial charge in [-0.15, -0.1) is 10.2 Å². The number of carbonyl (C=O) groups is 1. The number of amides is 1. The number of methoxy groups -OCH3 is 1. The van der Waals surface area contributed by atoms with Crippen LogP contribution in [0, 0.1) is 5.92 Å². The minimum atomic E-state index is -0.0244. The Morgan fingerprint density at radius 3 is 2.92 bits per heavy atom. The van der Waals surface area contributed by atoms with Crippen molar-refractivity contribution in [2.45, 2.75) is 39.3 Å². The lowest BCUT2D eigenvalue weighted by molar-refractivity contribution is 0.0723. The number of ether oxygens (including phenoxy) is 1. The summed E-state index contributed by atoms with van der Waals surface area (Å²) in [7, 11) is 1.59. The molecule has 1 amide bonds.